The maximum absolute atomic E-state index is 3.53. The molecule has 0 heterocycles. The molecule has 0 aromatic carbocycles. The monoisotopic (exact) mass is 355 g/mol. The van der Waals surface area contributed by atoms with Gasteiger partial charge >= 0.3 is 0 Å². The van der Waals surface area contributed by atoms with E-state index in [1.165, 1.54) is 38.5 Å². The summed E-state index contributed by atoms with van der Waals surface area (Å²) < 4.78 is 0. The molecule has 0 aliphatic carbocycles. The van der Waals surface area contributed by atoms with Crippen LogP contribution in [0.5, 0.6) is 0 Å². The van der Waals surface area contributed by atoms with Crippen molar-refractivity contribution < 1.29 is 0 Å². The van der Waals surface area contributed by atoms with Crippen molar-refractivity contribution in [3.05, 3.63) is 12.2 Å². The molecule has 0 saturated heterocycles. The summed E-state index contributed by atoms with van der Waals surface area (Å²) in [6, 6.07) is 0. The maximum atomic E-state index is 3.53. The molecule has 0 aromatic heterocycles. The molecule has 0 rings (SSSR count). The highest BCUT2D eigenvalue weighted by molar-refractivity contribution is 4.85. The second-order valence-electron chi connectivity index (χ2n) is 6.46. The first-order valence-electron chi connectivity index (χ1n) is 10.6. The minimum absolute atomic E-state index is 0.986. The van der Waals surface area contributed by atoms with Crippen molar-refractivity contribution >= 4 is 0 Å². The average molecular weight is 356 g/mol. The highest BCUT2D eigenvalue weighted by Crippen LogP contribution is 1.88. The van der Waals surface area contributed by atoms with Gasteiger partial charge in [-0.15, -0.1) is 0 Å². The van der Waals surface area contributed by atoms with Crippen molar-refractivity contribution in [2.24, 2.45) is 0 Å². The standard InChI is InChI=1S/C20H45N5/c1-3-21-13-5-7-15-23-17-9-11-19-25-20-12-10-18-24-16-8-6-14-22-4-2/h9,11,21-25H,3-8,10,12-20H2,1-2H3/b11-9-. The maximum Gasteiger partial charge on any atom is 0.0135 e. The van der Waals surface area contributed by atoms with Crippen LogP contribution < -0.4 is 26.6 Å². The van der Waals surface area contributed by atoms with Crippen molar-refractivity contribution in [1.82, 2.24) is 26.6 Å². The van der Waals surface area contributed by atoms with E-state index in [1.54, 1.807) is 0 Å². The van der Waals surface area contributed by atoms with E-state index in [4.69, 9.17) is 0 Å². The van der Waals surface area contributed by atoms with Gasteiger partial charge < -0.3 is 26.6 Å². The van der Waals surface area contributed by atoms with E-state index in [1.807, 2.05) is 0 Å². The summed E-state index contributed by atoms with van der Waals surface area (Å²) in [5.74, 6) is 0. The van der Waals surface area contributed by atoms with Crippen LogP contribution in [0.15, 0.2) is 12.2 Å². The molecule has 5 N–H and O–H groups in total. The van der Waals surface area contributed by atoms with Gasteiger partial charge in [0.25, 0.3) is 0 Å². The largest absolute Gasteiger partial charge is 0.317 e. The lowest BCUT2D eigenvalue weighted by atomic mass is 10.2. The zero-order valence-electron chi connectivity index (χ0n) is 17.0. The van der Waals surface area contributed by atoms with Crippen LogP contribution >= 0.6 is 0 Å². The van der Waals surface area contributed by atoms with E-state index in [9.17, 15) is 0 Å². The van der Waals surface area contributed by atoms with E-state index < -0.39 is 0 Å². The lowest BCUT2D eigenvalue weighted by Crippen LogP contribution is -2.21. The molecule has 25 heavy (non-hydrogen) atoms. The summed E-state index contributed by atoms with van der Waals surface area (Å²) in [6.45, 7) is 15.3. The van der Waals surface area contributed by atoms with Gasteiger partial charge in [0.15, 0.2) is 0 Å². The first kappa shape index (κ1) is 24.5. The fraction of sp³-hybridized carbons (Fsp3) is 0.900. The quantitative estimate of drug-likeness (QED) is 0.161. The van der Waals surface area contributed by atoms with Crippen LogP contribution in [0.3, 0.4) is 0 Å². The molecule has 0 unspecified atom stereocenters. The average Bonchev–Trinajstić information content (AvgIpc) is 2.63. The molecule has 5 nitrogen and oxygen atoms in total. The Morgan fingerprint density at radius 3 is 1.12 bits per heavy atom. The Balaban J connectivity index is 3.03. The second-order valence-corrected chi connectivity index (χ2v) is 6.46. The molecular formula is C20H45N5. The number of unbranched alkanes of at least 4 members (excludes halogenated alkanes) is 3. The molecule has 0 fully saturated rings. The summed E-state index contributed by atoms with van der Waals surface area (Å²) in [4.78, 5) is 0. The van der Waals surface area contributed by atoms with Crippen LogP contribution in [0.1, 0.15) is 52.4 Å². The van der Waals surface area contributed by atoms with Gasteiger partial charge in [0.1, 0.15) is 0 Å². The lowest BCUT2D eigenvalue weighted by Gasteiger charge is -2.05. The molecule has 0 aromatic rings. The highest BCUT2D eigenvalue weighted by Gasteiger charge is 1.91. The first-order chi connectivity index (χ1) is 12.4. The smallest absolute Gasteiger partial charge is 0.0135 e. The van der Waals surface area contributed by atoms with Gasteiger partial charge in [-0.1, -0.05) is 26.0 Å². The number of nitrogens with one attached hydrogen (secondary N) is 5. The highest BCUT2D eigenvalue weighted by atomic mass is 14.9. The van der Waals surface area contributed by atoms with Crippen LogP contribution in [-0.4, -0.2) is 65.4 Å². The zero-order chi connectivity index (χ0) is 18.3. The summed E-state index contributed by atoms with van der Waals surface area (Å²) in [5.41, 5.74) is 0. The molecular weight excluding hydrogens is 310 g/mol. The van der Waals surface area contributed by atoms with E-state index >= 15 is 0 Å². The van der Waals surface area contributed by atoms with Crippen molar-refractivity contribution in [3.63, 3.8) is 0 Å². The molecule has 5 heteroatoms. The molecule has 0 saturated carbocycles. The predicted molar refractivity (Wildman–Crippen MR) is 113 cm³/mol. The minimum Gasteiger partial charge on any atom is -0.317 e. The summed E-state index contributed by atoms with van der Waals surface area (Å²) in [7, 11) is 0. The summed E-state index contributed by atoms with van der Waals surface area (Å²) in [5, 5.41) is 17.2. The third kappa shape index (κ3) is 23.5. The Bertz CT molecular complexity index is 258. The third-order valence-electron chi connectivity index (χ3n) is 4.06. The van der Waals surface area contributed by atoms with Crippen molar-refractivity contribution in [3.8, 4) is 0 Å². The third-order valence-corrected chi connectivity index (χ3v) is 4.06. The van der Waals surface area contributed by atoms with Gasteiger partial charge in [-0.2, -0.15) is 0 Å². The molecule has 0 spiro atoms. The molecule has 150 valence electrons. The minimum atomic E-state index is 0.986. The lowest BCUT2D eigenvalue weighted by molar-refractivity contribution is 0.563. The number of rotatable bonds is 21. The van der Waals surface area contributed by atoms with Crippen molar-refractivity contribution in [2.45, 2.75) is 52.4 Å². The Morgan fingerprint density at radius 1 is 0.440 bits per heavy atom. The Morgan fingerprint density at radius 2 is 0.760 bits per heavy atom. The van der Waals surface area contributed by atoms with Gasteiger partial charge in [0.05, 0.1) is 0 Å². The Hall–Kier alpha value is -0.460. The van der Waals surface area contributed by atoms with Gasteiger partial charge in [-0.25, -0.2) is 0 Å². The van der Waals surface area contributed by atoms with Crippen LogP contribution in [0.2, 0.25) is 0 Å². The van der Waals surface area contributed by atoms with Crippen LogP contribution in [0.4, 0.5) is 0 Å². The van der Waals surface area contributed by atoms with E-state index in [-0.39, 0.29) is 0 Å². The summed E-state index contributed by atoms with van der Waals surface area (Å²) >= 11 is 0. The fourth-order valence-corrected chi connectivity index (χ4v) is 2.52. The molecule has 0 aliphatic heterocycles. The SMILES string of the molecule is CCNCCCCNC/C=C\CNCCCCNCCCCNCC. The Kier molecular flexibility index (Phi) is 23.1. The van der Waals surface area contributed by atoms with Gasteiger partial charge in [0.2, 0.25) is 0 Å². The second kappa shape index (κ2) is 23.5. The topological polar surface area (TPSA) is 60.1 Å². The molecule has 0 radical (unpaired) electrons. The van der Waals surface area contributed by atoms with Crippen molar-refractivity contribution in [1.29, 1.82) is 0 Å². The Labute approximate surface area is 157 Å². The zero-order valence-corrected chi connectivity index (χ0v) is 17.0. The van der Waals surface area contributed by atoms with Gasteiger partial charge in [-0.05, 0) is 90.9 Å². The number of hydrogen-bond acceptors (Lipinski definition) is 5. The van der Waals surface area contributed by atoms with Gasteiger partial charge in [0, 0.05) is 13.1 Å². The molecule has 0 aliphatic rings. The van der Waals surface area contributed by atoms with Crippen LogP contribution in [0.25, 0.3) is 0 Å². The summed E-state index contributed by atoms with van der Waals surface area (Å²) in [6.07, 6.45) is 12.0. The fourth-order valence-electron chi connectivity index (χ4n) is 2.52. The molecule has 0 atom stereocenters. The first-order valence-corrected chi connectivity index (χ1v) is 10.6. The van der Waals surface area contributed by atoms with E-state index in [2.05, 4.69) is 52.6 Å². The van der Waals surface area contributed by atoms with Gasteiger partial charge in [-0.3, -0.25) is 0 Å². The van der Waals surface area contributed by atoms with E-state index in [0.29, 0.717) is 0 Å². The van der Waals surface area contributed by atoms with Crippen LogP contribution in [0, 0.1) is 0 Å². The molecule has 0 amide bonds. The van der Waals surface area contributed by atoms with Crippen LogP contribution in [-0.2, 0) is 0 Å². The van der Waals surface area contributed by atoms with Crippen molar-refractivity contribution in [2.75, 3.05) is 65.4 Å². The predicted octanol–water partition coefficient (Wildman–Crippen LogP) is 1.87. The number of hydrogen-bond donors (Lipinski definition) is 5. The normalized spacial score (nSPS) is 11.6. The van der Waals surface area contributed by atoms with E-state index in [0.717, 1.165) is 65.4 Å². The molecule has 0 bridgehead atoms.